The number of nitrogens with two attached hydrogens (primary N) is 1. The molecule has 8 heteroatoms. The van der Waals surface area contributed by atoms with Crippen LogP contribution in [-0.4, -0.2) is 45.0 Å². The molecule has 0 aliphatic carbocycles. The highest BCUT2D eigenvalue weighted by Crippen LogP contribution is 2.19. The second-order valence-corrected chi connectivity index (χ2v) is 5.35. The lowest BCUT2D eigenvalue weighted by Crippen LogP contribution is -2.50. The van der Waals surface area contributed by atoms with E-state index in [0.717, 1.165) is 0 Å². The third kappa shape index (κ3) is 5.01. The third-order valence-electron chi connectivity index (χ3n) is 2.68. The number of carboxylic acid groups (broad SMARTS) is 1. The average molecular weight is 315 g/mol. The minimum absolute atomic E-state index is 0.0445. The maximum atomic E-state index is 11.7. The number of hydrogen-bond acceptors (Lipinski definition) is 7. The van der Waals surface area contributed by atoms with Gasteiger partial charge < -0.3 is 20.1 Å². The molecule has 0 aromatic heterocycles. The van der Waals surface area contributed by atoms with E-state index in [1.54, 1.807) is 0 Å². The van der Waals surface area contributed by atoms with Gasteiger partial charge in [0.1, 0.15) is 5.75 Å². The van der Waals surface area contributed by atoms with Gasteiger partial charge in [-0.15, -0.1) is 0 Å². The minimum atomic E-state index is -2.08. The fourth-order valence-corrected chi connectivity index (χ4v) is 1.93. The number of carbonyl (C=O) groups excluding carboxylic acids is 1. The van der Waals surface area contributed by atoms with E-state index in [4.69, 9.17) is 15.6 Å². The van der Waals surface area contributed by atoms with E-state index in [-0.39, 0.29) is 17.7 Å². The van der Waals surface area contributed by atoms with E-state index in [1.807, 2.05) is 6.26 Å². The molecule has 0 saturated heterocycles. The number of benzene rings is 1. The lowest BCUT2D eigenvalue weighted by molar-refractivity contribution is -0.155. The first-order valence-corrected chi connectivity index (χ1v) is 7.40. The van der Waals surface area contributed by atoms with Gasteiger partial charge in [-0.05, 0) is 29.7 Å². The van der Waals surface area contributed by atoms with Crippen molar-refractivity contribution in [3.8, 4) is 5.75 Å². The Bertz CT molecular complexity index is 502. The van der Waals surface area contributed by atoms with Gasteiger partial charge in [0, 0.05) is 6.42 Å². The van der Waals surface area contributed by atoms with E-state index < -0.39 is 23.8 Å². The number of hydrogen-bond donors (Lipinski definition) is 4. The van der Waals surface area contributed by atoms with Crippen LogP contribution in [0.5, 0.6) is 5.75 Å². The Morgan fingerprint density at radius 2 is 1.95 bits per heavy atom. The number of aliphatic carboxylic acids is 1. The smallest absolute Gasteiger partial charge is 0.358 e. The zero-order valence-electron chi connectivity index (χ0n) is 11.4. The van der Waals surface area contributed by atoms with E-state index in [9.17, 15) is 19.8 Å². The van der Waals surface area contributed by atoms with Gasteiger partial charge in [0.25, 0.3) is 0 Å². The molecule has 21 heavy (non-hydrogen) atoms. The van der Waals surface area contributed by atoms with Crippen molar-refractivity contribution in [1.82, 2.24) is 0 Å². The van der Waals surface area contributed by atoms with Crippen LogP contribution in [0, 0.1) is 0 Å². The van der Waals surface area contributed by atoms with Crippen molar-refractivity contribution in [2.75, 3.05) is 12.0 Å². The van der Waals surface area contributed by atoms with Crippen LogP contribution in [0.25, 0.3) is 0 Å². The Hall–Kier alpha value is -1.61. The molecule has 5 N–H and O–H groups in total. The van der Waals surface area contributed by atoms with Gasteiger partial charge in [-0.25, -0.2) is 9.59 Å². The standard InChI is InChI=1S/C13H17NO6S/c1-21-7-6-13(14,19)12(18)20-9-4-2-8(3-5-9)10(15)11(16)17/h2-5,10,15,19H,6-7,14H2,1H3,(H,16,17). The number of thioether (sulfide) groups is 1. The summed E-state index contributed by atoms with van der Waals surface area (Å²) in [7, 11) is 0. The average Bonchev–Trinajstić information content (AvgIpc) is 2.45. The van der Waals surface area contributed by atoms with Crippen molar-refractivity contribution in [2.24, 2.45) is 5.73 Å². The summed E-state index contributed by atoms with van der Waals surface area (Å²) in [6.45, 7) is 0. The Labute approximate surface area is 125 Å². The summed E-state index contributed by atoms with van der Waals surface area (Å²) in [5.74, 6) is -1.79. The normalized spacial score (nSPS) is 15.0. The van der Waals surface area contributed by atoms with Crippen LogP contribution in [0.3, 0.4) is 0 Å². The first-order chi connectivity index (χ1) is 9.77. The molecule has 0 aliphatic heterocycles. The summed E-state index contributed by atoms with van der Waals surface area (Å²) in [6, 6.07) is 5.23. The number of esters is 1. The highest BCUT2D eigenvalue weighted by Gasteiger charge is 2.32. The number of aliphatic hydroxyl groups is 2. The molecule has 116 valence electrons. The molecule has 0 radical (unpaired) electrons. The molecule has 1 aromatic carbocycles. The molecule has 0 aliphatic rings. The largest absolute Gasteiger partial charge is 0.479 e. The Kier molecular flexibility index (Phi) is 6.16. The zero-order valence-corrected chi connectivity index (χ0v) is 12.2. The van der Waals surface area contributed by atoms with Crippen LogP contribution in [0.1, 0.15) is 18.1 Å². The van der Waals surface area contributed by atoms with Gasteiger partial charge in [-0.1, -0.05) is 12.1 Å². The van der Waals surface area contributed by atoms with Crippen LogP contribution in [0.15, 0.2) is 24.3 Å². The molecule has 2 unspecified atom stereocenters. The summed E-state index contributed by atoms with van der Waals surface area (Å²) >= 11 is 1.43. The van der Waals surface area contributed by atoms with E-state index in [1.165, 1.54) is 36.0 Å². The molecule has 0 bridgehead atoms. The monoisotopic (exact) mass is 315 g/mol. The number of aliphatic hydroxyl groups excluding tert-OH is 1. The van der Waals surface area contributed by atoms with Crippen molar-refractivity contribution >= 4 is 23.7 Å². The van der Waals surface area contributed by atoms with Crippen LogP contribution in [0.4, 0.5) is 0 Å². The molecule has 2 atom stereocenters. The fraction of sp³-hybridized carbons (Fsp3) is 0.385. The highest BCUT2D eigenvalue weighted by molar-refractivity contribution is 7.98. The molecular formula is C13H17NO6S. The van der Waals surface area contributed by atoms with Gasteiger partial charge in [0.2, 0.25) is 5.72 Å². The van der Waals surface area contributed by atoms with Gasteiger partial charge in [0.05, 0.1) is 0 Å². The van der Waals surface area contributed by atoms with Gasteiger partial charge >= 0.3 is 11.9 Å². The van der Waals surface area contributed by atoms with Crippen LogP contribution in [0.2, 0.25) is 0 Å². The molecule has 0 fully saturated rings. The molecule has 0 heterocycles. The number of ether oxygens (including phenoxy) is 1. The van der Waals surface area contributed by atoms with Crippen molar-refractivity contribution in [2.45, 2.75) is 18.2 Å². The van der Waals surface area contributed by atoms with Crippen molar-refractivity contribution in [3.63, 3.8) is 0 Å². The first kappa shape index (κ1) is 17.4. The molecule has 7 nitrogen and oxygen atoms in total. The molecule has 1 rings (SSSR count). The van der Waals surface area contributed by atoms with Crippen molar-refractivity contribution in [3.05, 3.63) is 29.8 Å². The Morgan fingerprint density at radius 1 is 1.38 bits per heavy atom. The lowest BCUT2D eigenvalue weighted by atomic mass is 10.1. The third-order valence-corrected chi connectivity index (χ3v) is 3.29. The van der Waals surface area contributed by atoms with Gasteiger partial charge in [0.15, 0.2) is 6.10 Å². The summed E-state index contributed by atoms with van der Waals surface area (Å²) in [5, 5.41) is 27.7. The quantitative estimate of drug-likeness (QED) is 0.317. The first-order valence-electron chi connectivity index (χ1n) is 6.01. The highest BCUT2D eigenvalue weighted by atomic mass is 32.2. The van der Waals surface area contributed by atoms with E-state index >= 15 is 0 Å². The van der Waals surface area contributed by atoms with Gasteiger partial charge in [-0.2, -0.15) is 11.8 Å². The Morgan fingerprint density at radius 3 is 2.43 bits per heavy atom. The zero-order chi connectivity index (χ0) is 16.0. The van der Waals surface area contributed by atoms with Crippen molar-refractivity contribution < 1.29 is 29.6 Å². The van der Waals surface area contributed by atoms with Gasteiger partial charge in [-0.3, -0.25) is 5.73 Å². The van der Waals surface area contributed by atoms with Crippen LogP contribution >= 0.6 is 11.8 Å². The molecular weight excluding hydrogens is 298 g/mol. The summed E-state index contributed by atoms with van der Waals surface area (Å²) in [4.78, 5) is 22.3. The van der Waals surface area contributed by atoms with E-state index in [2.05, 4.69) is 0 Å². The fourth-order valence-electron chi connectivity index (χ4n) is 1.42. The maximum Gasteiger partial charge on any atom is 0.358 e. The number of carboxylic acids is 1. The summed E-state index contributed by atoms with van der Waals surface area (Å²) in [6.07, 6.45) is 0.208. The van der Waals surface area contributed by atoms with Crippen molar-refractivity contribution in [1.29, 1.82) is 0 Å². The minimum Gasteiger partial charge on any atom is -0.479 e. The lowest BCUT2D eigenvalue weighted by Gasteiger charge is -2.20. The second kappa shape index (κ2) is 7.41. The second-order valence-electron chi connectivity index (χ2n) is 4.37. The maximum absolute atomic E-state index is 11.7. The molecule has 1 aromatic rings. The molecule has 0 amide bonds. The summed E-state index contributed by atoms with van der Waals surface area (Å²) < 4.78 is 4.92. The number of carbonyl (C=O) groups is 2. The SMILES string of the molecule is CSCCC(N)(O)C(=O)Oc1ccc(C(O)C(=O)O)cc1. The topological polar surface area (TPSA) is 130 Å². The molecule has 0 saturated carbocycles. The number of rotatable bonds is 7. The van der Waals surface area contributed by atoms with E-state index in [0.29, 0.717) is 5.75 Å². The summed E-state index contributed by atoms with van der Waals surface area (Å²) in [5.41, 5.74) is 3.53. The predicted octanol–water partition coefficient (Wildman–Crippen LogP) is 0.110. The van der Waals surface area contributed by atoms with Crippen LogP contribution < -0.4 is 10.5 Å². The molecule has 0 spiro atoms. The van der Waals surface area contributed by atoms with Crippen LogP contribution in [-0.2, 0) is 9.59 Å². The Balaban J connectivity index is 2.71. The predicted molar refractivity (Wildman–Crippen MR) is 76.8 cm³/mol.